The fourth-order valence-corrected chi connectivity index (χ4v) is 3.60. The van der Waals surface area contributed by atoms with Gasteiger partial charge in [-0.2, -0.15) is 0 Å². The van der Waals surface area contributed by atoms with Gasteiger partial charge in [-0.05, 0) is 37.6 Å². The third-order valence-corrected chi connectivity index (χ3v) is 5.03. The van der Waals surface area contributed by atoms with Crippen molar-refractivity contribution in [3.63, 3.8) is 0 Å². The molecule has 0 aliphatic heterocycles. The summed E-state index contributed by atoms with van der Waals surface area (Å²) in [6.45, 7) is 7.10. The molecule has 8 nitrogen and oxygen atoms in total. The van der Waals surface area contributed by atoms with Crippen molar-refractivity contribution >= 4 is 22.5 Å². The molecule has 0 unspecified atom stereocenters. The van der Waals surface area contributed by atoms with Crippen LogP contribution in [0.15, 0.2) is 54.9 Å². The molecule has 0 bridgehead atoms. The number of ether oxygens (including phenoxy) is 1. The molecule has 0 spiro atoms. The van der Waals surface area contributed by atoms with Gasteiger partial charge >= 0.3 is 0 Å². The van der Waals surface area contributed by atoms with Gasteiger partial charge in [0.25, 0.3) is 5.91 Å². The van der Waals surface area contributed by atoms with Gasteiger partial charge in [0.2, 0.25) is 0 Å². The fraction of sp³-hybridized carbons (Fsp3) is 0.250. The maximum Gasteiger partial charge on any atom is 0.255 e. The Morgan fingerprint density at radius 2 is 1.94 bits per heavy atom. The first-order valence-electron chi connectivity index (χ1n) is 10.6. The summed E-state index contributed by atoms with van der Waals surface area (Å²) in [5.41, 5.74) is 0.556. The van der Waals surface area contributed by atoms with Crippen LogP contribution in [0.25, 0.3) is 16.6 Å². The zero-order chi connectivity index (χ0) is 22.5. The van der Waals surface area contributed by atoms with Crippen LogP contribution in [-0.4, -0.2) is 45.1 Å². The summed E-state index contributed by atoms with van der Waals surface area (Å²) >= 11 is 0. The predicted octanol–water partition coefficient (Wildman–Crippen LogP) is 3.67. The normalized spacial score (nSPS) is 10.8. The number of aryl methyl sites for hydroxylation is 2. The van der Waals surface area contributed by atoms with E-state index in [1.807, 2.05) is 74.0 Å². The van der Waals surface area contributed by atoms with Crippen molar-refractivity contribution < 1.29 is 9.53 Å². The number of hydrogen-bond acceptors (Lipinski definition) is 6. The van der Waals surface area contributed by atoms with E-state index >= 15 is 0 Å². The molecule has 4 rings (SSSR count). The van der Waals surface area contributed by atoms with Crippen molar-refractivity contribution in [1.82, 2.24) is 24.8 Å². The highest BCUT2D eigenvalue weighted by molar-refractivity contribution is 6.09. The number of nitrogens with zero attached hydrogens (tertiary/aromatic N) is 4. The van der Waals surface area contributed by atoms with Crippen LogP contribution in [0.3, 0.4) is 0 Å². The topological polar surface area (TPSA) is 94.0 Å². The quantitative estimate of drug-likeness (QED) is 0.414. The third-order valence-electron chi connectivity index (χ3n) is 5.03. The number of nitrogens with one attached hydrogen (secondary N) is 2. The average molecular weight is 431 g/mol. The van der Waals surface area contributed by atoms with Gasteiger partial charge in [0.05, 0.1) is 12.2 Å². The molecule has 0 radical (unpaired) electrons. The highest BCUT2D eigenvalue weighted by Gasteiger charge is 2.16. The zero-order valence-electron chi connectivity index (χ0n) is 18.4. The molecule has 0 atom stereocenters. The lowest BCUT2D eigenvalue weighted by Crippen LogP contribution is -2.29. The van der Waals surface area contributed by atoms with Gasteiger partial charge < -0.3 is 15.4 Å². The molecule has 2 heterocycles. The molecule has 1 amide bonds. The fourth-order valence-electron chi connectivity index (χ4n) is 3.60. The van der Waals surface area contributed by atoms with Crippen molar-refractivity contribution in [2.24, 2.45) is 0 Å². The van der Waals surface area contributed by atoms with Gasteiger partial charge in [-0.15, -0.1) is 0 Å². The minimum Gasteiger partial charge on any atom is -0.493 e. The maximum absolute atomic E-state index is 13.0. The van der Waals surface area contributed by atoms with E-state index in [1.165, 1.54) is 0 Å². The highest BCUT2D eigenvalue weighted by atomic mass is 16.5. The zero-order valence-corrected chi connectivity index (χ0v) is 18.4. The van der Waals surface area contributed by atoms with Gasteiger partial charge in [0.1, 0.15) is 29.0 Å². The van der Waals surface area contributed by atoms with Crippen LogP contribution < -0.4 is 15.4 Å². The average Bonchev–Trinajstić information content (AvgIpc) is 3.22. The smallest absolute Gasteiger partial charge is 0.255 e. The summed E-state index contributed by atoms with van der Waals surface area (Å²) in [5.74, 6) is 3.36. The molecular weight excluding hydrogens is 404 g/mol. The second-order valence-electron chi connectivity index (χ2n) is 7.28. The van der Waals surface area contributed by atoms with Gasteiger partial charge in [-0.3, -0.25) is 9.36 Å². The van der Waals surface area contributed by atoms with E-state index in [4.69, 9.17) is 4.74 Å². The van der Waals surface area contributed by atoms with Crippen LogP contribution in [-0.2, 0) is 0 Å². The number of carbonyl (C=O) groups excluding carboxylic acids is 1. The molecular formula is C24H26N6O2. The van der Waals surface area contributed by atoms with Gasteiger partial charge in [0.15, 0.2) is 0 Å². The molecule has 0 saturated carbocycles. The van der Waals surface area contributed by atoms with E-state index in [-0.39, 0.29) is 5.91 Å². The molecule has 2 aromatic carbocycles. The lowest BCUT2D eigenvalue weighted by atomic mass is 10.0. The van der Waals surface area contributed by atoms with Crippen LogP contribution in [0, 0.1) is 13.8 Å². The molecule has 2 aromatic heterocycles. The van der Waals surface area contributed by atoms with Gasteiger partial charge in [0, 0.05) is 31.5 Å². The molecule has 32 heavy (non-hydrogen) atoms. The first-order chi connectivity index (χ1) is 15.6. The summed E-state index contributed by atoms with van der Waals surface area (Å²) < 4.78 is 7.61. The maximum atomic E-state index is 13.0. The van der Waals surface area contributed by atoms with Crippen LogP contribution >= 0.6 is 0 Å². The number of hydrogen-bond donors (Lipinski definition) is 2. The Balaban J connectivity index is 1.44. The Morgan fingerprint density at radius 1 is 1.09 bits per heavy atom. The molecule has 4 aromatic rings. The Kier molecular flexibility index (Phi) is 6.30. The number of anilines is 1. The van der Waals surface area contributed by atoms with Crippen molar-refractivity contribution in [2.45, 2.75) is 20.8 Å². The van der Waals surface area contributed by atoms with Crippen LogP contribution in [0.4, 0.5) is 5.82 Å². The Labute approximate surface area is 186 Å². The first-order valence-corrected chi connectivity index (χ1v) is 10.6. The van der Waals surface area contributed by atoms with Gasteiger partial charge in [-0.1, -0.05) is 30.3 Å². The van der Waals surface area contributed by atoms with Crippen LogP contribution in [0.1, 0.15) is 28.9 Å². The largest absolute Gasteiger partial charge is 0.493 e. The Morgan fingerprint density at radius 3 is 2.72 bits per heavy atom. The highest BCUT2D eigenvalue weighted by Crippen LogP contribution is 2.28. The summed E-state index contributed by atoms with van der Waals surface area (Å²) in [5, 5.41) is 8.12. The van der Waals surface area contributed by atoms with E-state index in [9.17, 15) is 4.79 Å². The van der Waals surface area contributed by atoms with Gasteiger partial charge in [-0.25, -0.2) is 15.0 Å². The summed E-state index contributed by atoms with van der Waals surface area (Å²) in [4.78, 5) is 26.2. The summed E-state index contributed by atoms with van der Waals surface area (Å²) in [7, 11) is 0. The number of aromatic nitrogens is 4. The minimum atomic E-state index is -0.166. The number of imidazole rings is 1. The molecule has 0 fully saturated rings. The second kappa shape index (κ2) is 9.47. The summed E-state index contributed by atoms with van der Waals surface area (Å²) in [6, 6.07) is 13.5. The summed E-state index contributed by atoms with van der Waals surface area (Å²) in [6.07, 6.45) is 3.60. The van der Waals surface area contributed by atoms with E-state index in [2.05, 4.69) is 25.6 Å². The lowest BCUT2D eigenvalue weighted by Gasteiger charge is -2.14. The van der Waals surface area contributed by atoms with Crippen molar-refractivity contribution in [3.8, 4) is 11.6 Å². The predicted molar refractivity (Wildman–Crippen MR) is 125 cm³/mol. The SMILES string of the molecule is CCOc1ccc2ccccc2c1C(=O)NCCNc1cc(-n2ccnc2C)nc(C)n1. The first kappa shape index (κ1) is 21.3. The van der Waals surface area contributed by atoms with Crippen molar-refractivity contribution in [2.75, 3.05) is 25.0 Å². The molecule has 8 heteroatoms. The third kappa shape index (κ3) is 4.54. The van der Waals surface area contributed by atoms with Crippen LogP contribution in [0.5, 0.6) is 5.75 Å². The molecule has 0 saturated heterocycles. The monoisotopic (exact) mass is 430 g/mol. The molecule has 0 aliphatic rings. The van der Waals surface area contributed by atoms with Crippen LogP contribution in [0.2, 0.25) is 0 Å². The molecule has 2 N–H and O–H groups in total. The lowest BCUT2D eigenvalue weighted by molar-refractivity contribution is 0.0953. The number of benzene rings is 2. The number of carbonyl (C=O) groups is 1. The minimum absolute atomic E-state index is 0.166. The van der Waals surface area contributed by atoms with E-state index < -0.39 is 0 Å². The molecule has 0 aliphatic carbocycles. The van der Waals surface area contributed by atoms with E-state index in [0.29, 0.717) is 42.7 Å². The van der Waals surface area contributed by atoms with Crippen molar-refractivity contribution in [1.29, 1.82) is 0 Å². The number of rotatable bonds is 8. The van der Waals surface area contributed by atoms with E-state index in [1.54, 1.807) is 6.20 Å². The second-order valence-corrected chi connectivity index (χ2v) is 7.28. The Hall–Kier alpha value is -3.94. The standard InChI is InChI=1S/C24H26N6O2/c1-4-32-20-10-9-18-7-5-6-8-19(18)23(20)24(31)27-12-11-26-21-15-22(29-16(2)28-21)30-14-13-25-17(30)3/h5-10,13-15H,4,11-12H2,1-3H3,(H,27,31)(H,26,28,29). The van der Waals surface area contributed by atoms with E-state index in [0.717, 1.165) is 22.4 Å². The Bertz CT molecular complexity index is 1250. The number of fused-ring (bicyclic) bond motifs is 1. The molecule has 164 valence electrons. The number of amides is 1. The van der Waals surface area contributed by atoms with Crippen molar-refractivity contribution in [3.05, 3.63) is 72.1 Å².